The average Bonchev–Trinajstić information content (AvgIpc) is 3.17. The smallest absolute Gasteiger partial charge is 0.0642 e. The van der Waals surface area contributed by atoms with Crippen molar-refractivity contribution in [1.29, 1.82) is 0 Å². The zero-order valence-electron chi connectivity index (χ0n) is 11.2. The summed E-state index contributed by atoms with van der Waals surface area (Å²) in [6.45, 7) is 4.03. The fraction of sp³-hybridized carbons (Fsp3) is 0.600. The molecule has 0 aliphatic heterocycles. The number of nitrogens with two attached hydrogens (primary N) is 1. The largest absolute Gasteiger partial charge is 0.367 e. The highest BCUT2D eigenvalue weighted by atomic mass is 35.5. The lowest BCUT2D eigenvalue weighted by atomic mass is 10.1. The second kappa shape index (κ2) is 6.44. The number of hydrogen-bond donors (Lipinski definition) is 1. The summed E-state index contributed by atoms with van der Waals surface area (Å²) in [5.41, 5.74) is 8.01. The topological polar surface area (TPSA) is 29.3 Å². The van der Waals surface area contributed by atoms with Crippen LogP contribution in [-0.2, 0) is 6.42 Å². The first kappa shape index (κ1) is 13.7. The van der Waals surface area contributed by atoms with Crippen molar-refractivity contribution in [3.05, 3.63) is 28.8 Å². The van der Waals surface area contributed by atoms with Gasteiger partial charge in [-0.15, -0.1) is 0 Å². The molecular weight excluding hydrogens is 244 g/mol. The Labute approximate surface area is 115 Å². The first-order valence-electron chi connectivity index (χ1n) is 7.01. The Kier molecular flexibility index (Phi) is 4.90. The van der Waals surface area contributed by atoms with E-state index in [9.17, 15) is 0 Å². The Balaban J connectivity index is 2.13. The number of benzene rings is 1. The highest BCUT2D eigenvalue weighted by Crippen LogP contribution is 2.36. The van der Waals surface area contributed by atoms with Crippen LogP contribution in [0.25, 0.3) is 0 Å². The summed E-state index contributed by atoms with van der Waals surface area (Å²) in [5.74, 6) is 0. The van der Waals surface area contributed by atoms with E-state index in [1.807, 2.05) is 0 Å². The van der Waals surface area contributed by atoms with Gasteiger partial charge in [0.05, 0.1) is 10.7 Å². The molecule has 1 aromatic carbocycles. The highest BCUT2D eigenvalue weighted by Gasteiger charge is 2.29. The summed E-state index contributed by atoms with van der Waals surface area (Å²) >= 11 is 6.43. The Morgan fingerprint density at radius 2 is 2.17 bits per heavy atom. The minimum atomic E-state index is 0.678. The van der Waals surface area contributed by atoms with Crippen LogP contribution >= 0.6 is 11.6 Å². The lowest BCUT2D eigenvalue weighted by Crippen LogP contribution is -2.27. The number of hydrogen-bond acceptors (Lipinski definition) is 2. The molecule has 0 unspecified atom stereocenters. The summed E-state index contributed by atoms with van der Waals surface area (Å²) in [4.78, 5) is 2.48. The first-order valence-corrected chi connectivity index (χ1v) is 7.39. The van der Waals surface area contributed by atoms with E-state index in [4.69, 9.17) is 17.3 Å². The Morgan fingerprint density at radius 1 is 1.39 bits per heavy atom. The maximum Gasteiger partial charge on any atom is 0.0642 e. The number of anilines is 1. The molecule has 0 amide bonds. The van der Waals surface area contributed by atoms with Gasteiger partial charge in [-0.1, -0.05) is 31.0 Å². The summed E-state index contributed by atoms with van der Waals surface area (Å²) in [5, 5.41) is 0.879. The fourth-order valence-electron chi connectivity index (χ4n) is 2.32. The van der Waals surface area contributed by atoms with Crippen LogP contribution in [0, 0.1) is 0 Å². The van der Waals surface area contributed by atoms with Crippen LogP contribution in [0.3, 0.4) is 0 Å². The molecule has 0 radical (unpaired) electrons. The molecular formula is C15H23ClN2. The van der Waals surface area contributed by atoms with Crippen LogP contribution in [0.15, 0.2) is 18.2 Å². The third-order valence-electron chi connectivity index (χ3n) is 3.49. The number of rotatable bonds is 7. The van der Waals surface area contributed by atoms with Gasteiger partial charge in [-0.25, -0.2) is 0 Å². The van der Waals surface area contributed by atoms with Gasteiger partial charge in [0.1, 0.15) is 0 Å². The van der Waals surface area contributed by atoms with Crippen molar-refractivity contribution in [1.82, 2.24) is 0 Å². The van der Waals surface area contributed by atoms with Crippen LogP contribution in [0.5, 0.6) is 0 Å². The molecule has 1 aliphatic rings. The number of unbranched alkanes of at least 4 members (excludes halogenated alkanes) is 1. The van der Waals surface area contributed by atoms with E-state index in [1.54, 1.807) is 0 Å². The van der Waals surface area contributed by atoms with Gasteiger partial charge in [-0.05, 0) is 49.9 Å². The van der Waals surface area contributed by atoms with E-state index in [1.165, 1.54) is 36.9 Å². The van der Waals surface area contributed by atoms with Gasteiger partial charge in [0.2, 0.25) is 0 Å². The Morgan fingerprint density at radius 3 is 2.72 bits per heavy atom. The van der Waals surface area contributed by atoms with Gasteiger partial charge < -0.3 is 10.6 Å². The average molecular weight is 267 g/mol. The van der Waals surface area contributed by atoms with Crippen LogP contribution in [0.2, 0.25) is 5.02 Å². The van der Waals surface area contributed by atoms with Gasteiger partial charge in [-0.3, -0.25) is 0 Å². The zero-order valence-corrected chi connectivity index (χ0v) is 11.9. The van der Waals surface area contributed by atoms with Gasteiger partial charge in [0.15, 0.2) is 0 Å². The molecule has 1 aromatic rings. The molecule has 2 nitrogen and oxygen atoms in total. The highest BCUT2D eigenvalue weighted by molar-refractivity contribution is 6.33. The van der Waals surface area contributed by atoms with Crippen LogP contribution in [-0.4, -0.2) is 19.1 Å². The van der Waals surface area contributed by atoms with Crippen LogP contribution < -0.4 is 10.6 Å². The Hall–Kier alpha value is -0.730. The van der Waals surface area contributed by atoms with Crippen molar-refractivity contribution in [3.63, 3.8) is 0 Å². The summed E-state index contributed by atoms with van der Waals surface area (Å²) < 4.78 is 0. The SMILES string of the molecule is CCCCN(c1ccc(CCN)cc1Cl)C1CC1. The van der Waals surface area contributed by atoms with Crippen molar-refractivity contribution in [2.24, 2.45) is 5.73 Å². The minimum Gasteiger partial charge on any atom is -0.367 e. The van der Waals surface area contributed by atoms with Gasteiger partial charge in [0.25, 0.3) is 0 Å². The summed E-state index contributed by atoms with van der Waals surface area (Å²) in [6, 6.07) is 7.12. The molecule has 0 spiro atoms. The van der Waals surface area contributed by atoms with Crippen molar-refractivity contribution in [2.75, 3.05) is 18.0 Å². The molecule has 2 rings (SSSR count). The molecule has 0 heterocycles. The molecule has 0 bridgehead atoms. The second-order valence-electron chi connectivity index (χ2n) is 5.10. The van der Waals surface area contributed by atoms with Crippen molar-refractivity contribution in [2.45, 2.75) is 45.1 Å². The normalized spacial score (nSPS) is 14.8. The monoisotopic (exact) mass is 266 g/mol. The van der Waals surface area contributed by atoms with E-state index in [0.29, 0.717) is 6.54 Å². The molecule has 100 valence electrons. The predicted molar refractivity (Wildman–Crippen MR) is 79.5 cm³/mol. The van der Waals surface area contributed by atoms with E-state index in [2.05, 4.69) is 30.0 Å². The minimum absolute atomic E-state index is 0.678. The molecule has 3 heteroatoms. The fourth-order valence-corrected chi connectivity index (χ4v) is 2.63. The van der Waals surface area contributed by atoms with Crippen molar-refractivity contribution >= 4 is 17.3 Å². The quantitative estimate of drug-likeness (QED) is 0.817. The zero-order chi connectivity index (χ0) is 13.0. The number of halogens is 1. The first-order chi connectivity index (χ1) is 8.76. The molecule has 2 N–H and O–H groups in total. The van der Waals surface area contributed by atoms with E-state index >= 15 is 0 Å². The summed E-state index contributed by atoms with van der Waals surface area (Å²) in [7, 11) is 0. The molecule has 1 aliphatic carbocycles. The molecule has 1 fully saturated rings. The number of nitrogens with zero attached hydrogens (tertiary/aromatic N) is 1. The van der Waals surface area contributed by atoms with Crippen LogP contribution in [0.1, 0.15) is 38.2 Å². The van der Waals surface area contributed by atoms with Gasteiger partial charge >= 0.3 is 0 Å². The van der Waals surface area contributed by atoms with E-state index < -0.39 is 0 Å². The van der Waals surface area contributed by atoms with Crippen LogP contribution in [0.4, 0.5) is 5.69 Å². The van der Waals surface area contributed by atoms with Gasteiger partial charge in [-0.2, -0.15) is 0 Å². The summed E-state index contributed by atoms with van der Waals surface area (Å²) in [6.07, 6.45) is 5.98. The van der Waals surface area contributed by atoms with Crippen molar-refractivity contribution in [3.8, 4) is 0 Å². The predicted octanol–water partition coefficient (Wildman–Crippen LogP) is 3.61. The third-order valence-corrected chi connectivity index (χ3v) is 3.80. The standard InChI is InChI=1S/C15H23ClN2/c1-2-3-10-18(13-5-6-13)15-7-4-12(8-9-17)11-14(15)16/h4,7,11,13H,2-3,5-6,8-10,17H2,1H3. The lowest BCUT2D eigenvalue weighted by molar-refractivity contribution is 0.713. The molecule has 18 heavy (non-hydrogen) atoms. The van der Waals surface area contributed by atoms with E-state index in [0.717, 1.165) is 24.0 Å². The molecule has 0 atom stereocenters. The molecule has 0 saturated heterocycles. The maximum atomic E-state index is 6.43. The van der Waals surface area contributed by atoms with Crippen molar-refractivity contribution < 1.29 is 0 Å². The second-order valence-corrected chi connectivity index (χ2v) is 5.51. The maximum absolute atomic E-state index is 6.43. The molecule has 0 aromatic heterocycles. The lowest BCUT2D eigenvalue weighted by Gasteiger charge is -2.26. The van der Waals surface area contributed by atoms with Gasteiger partial charge in [0, 0.05) is 12.6 Å². The Bertz CT molecular complexity index is 388. The van der Waals surface area contributed by atoms with E-state index in [-0.39, 0.29) is 0 Å². The molecule has 1 saturated carbocycles. The third kappa shape index (κ3) is 3.39.